The van der Waals surface area contributed by atoms with Crippen LogP contribution in [0.15, 0.2) is 24.3 Å². The molecule has 0 atom stereocenters. The highest BCUT2D eigenvalue weighted by Gasteiger charge is 2.31. The molecule has 0 radical (unpaired) electrons. The van der Waals surface area contributed by atoms with Gasteiger partial charge in [-0.15, -0.1) is 0 Å². The van der Waals surface area contributed by atoms with Gasteiger partial charge in [-0.3, -0.25) is 4.79 Å². The Morgan fingerprint density at radius 1 is 1.26 bits per heavy atom. The van der Waals surface area contributed by atoms with Crippen molar-refractivity contribution in [2.24, 2.45) is 5.73 Å². The Labute approximate surface area is 115 Å². The normalized spacial score (nSPS) is 17.7. The van der Waals surface area contributed by atoms with Crippen LogP contribution in [-0.2, 0) is 0 Å². The standard InChI is InChI=1S/C16H23NO2/c1-12(2)19-14-7-5-13(6-8-14)15(18)11-16(17)9-3-4-10-16/h5-8,12H,3-4,9-11,17H2,1-2H3. The third-order valence-corrected chi connectivity index (χ3v) is 3.66. The third-order valence-electron chi connectivity index (χ3n) is 3.66. The number of nitrogens with two attached hydrogens (primary N) is 1. The summed E-state index contributed by atoms with van der Waals surface area (Å²) in [7, 11) is 0. The maximum atomic E-state index is 12.2. The second kappa shape index (κ2) is 5.74. The lowest BCUT2D eigenvalue weighted by molar-refractivity contribution is 0.0952. The maximum Gasteiger partial charge on any atom is 0.164 e. The lowest BCUT2D eigenvalue weighted by Gasteiger charge is -2.22. The van der Waals surface area contributed by atoms with Gasteiger partial charge >= 0.3 is 0 Å². The van der Waals surface area contributed by atoms with Crippen LogP contribution >= 0.6 is 0 Å². The molecule has 1 saturated carbocycles. The molecule has 0 amide bonds. The van der Waals surface area contributed by atoms with Crippen LogP contribution in [0, 0.1) is 0 Å². The Morgan fingerprint density at radius 2 is 1.84 bits per heavy atom. The molecule has 0 bridgehead atoms. The van der Waals surface area contributed by atoms with Gasteiger partial charge in [0.1, 0.15) is 5.75 Å². The lowest BCUT2D eigenvalue weighted by atomic mass is 9.90. The molecule has 0 heterocycles. The minimum Gasteiger partial charge on any atom is -0.491 e. The second-order valence-electron chi connectivity index (χ2n) is 5.86. The molecular weight excluding hydrogens is 238 g/mol. The van der Waals surface area contributed by atoms with Crippen molar-refractivity contribution < 1.29 is 9.53 Å². The van der Waals surface area contributed by atoms with Crippen molar-refractivity contribution in [1.29, 1.82) is 0 Å². The predicted octanol–water partition coefficient (Wildman–Crippen LogP) is 3.32. The van der Waals surface area contributed by atoms with Crippen molar-refractivity contribution in [3.8, 4) is 5.75 Å². The number of hydrogen-bond acceptors (Lipinski definition) is 3. The van der Waals surface area contributed by atoms with Crippen molar-refractivity contribution in [2.75, 3.05) is 0 Å². The molecule has 104 valence electrons. The van der Waals surface area contributed by atoms with Crippen molar-refractivity contribution >= 4 is 5.78 Å². The van der Waals surface area contributed by atoms with Gasteiger partial charge in [0.2, 0.25) is 0 Å². The highest BCUT2D eigenvalue weighted by atomic mass is 16.5. The number of rotatable bonds is 5. The first-order valence-electron chi connectivity index (χ1n) is 7.07. The number of carbonyl (C=O) groups is 1. The van der Waals surface area contributed by atoms with Crippen LogP contribution in [0.4, 0.5) is 0 Å². The van der Waals surface area contributed by atoms with Gasteiger partial charge in [0.05, 0.1) is 6.10 Å². The van der Waals surface area contributed by atoms with Crippen LogP contribution in [0.1, 0.15) is 56.3 Å². The molecule has 1 aliphatic carbocycles. The summed E-state index contributed by atoms with van der Waals surface area (Å²) in [5.74, 6) is 0.940. The summed E-state index contributed by atoms with van der Waals surface area (Å²) in [6.07, 6.45) is 4.82. The van der Waals surface area contributed by atoms with Crippen LogP contribution in [0.25, 0.3) is 0 Å². The molecule has 3 nitrogen and oxygen atoms in total. The smallest absolute Gasteiger partial charge is 0.164 e. The third kappa shape index (κ3) is 3.80. The Balaban J connectivity index is 1.99. The summed E-state index contributed by atoms with van der Waals surface area (Å²) >= 11 is 0. The molecule has 19 heavy (non-hydrogen) atoms. The highest BCUT2D eigenvalue weighted by Crippen LogP contribution is 2.31. The summed E-state index contributed by atoms with van der Waals surface area (Å²) in [6.45, 7) is 3.97. The van der Waals surface area contributed by atoms with E-state index in [1.54, 1.807) is 0 Å². The zero-order valence-corrected chi connectivity index (χ0v) is 11.8. The molecule has 2 rings (SSSR count). The Kier molecular flexibility index (Phi) is 4.25. The number of ketones is 1. The quantitative estimate of drug-likeness (QED) is 0.827. The van der Waals surface area contributed by atoms with Crippen LogP contribution in [0.5, 0.6) is 5.75 Å². The summed E-state index contributed by atoms with van der Waals surface area (Å²) in [4.78, 5) is 12.2. The van der Waals surface area contributed by atoms with Gasteiger partial charge in [0, 0.05) is 17.5 Å². The first-order chi connectivity index (χ1) is 8.98. The first-order valence-corrected chi connectivity index (χ1v) is 7.07. The largest absolute Gasteiger partial charge is 0.491 e. The van der Waals surface area contributed by atoms with Crippen LogP contribution < -0.4 is 10.5 Å². The van der Waals surface area contributed by atoms with Crippen molar-refractivity contribution in [3.63, 3.8) is 0 Å². The van der Waals surface area contributed by atoms with Gasteiger partial charge in [-0.05, 0) is 51.0 Å². The van der Waals surface area contributed by atoms with Gasteiger partial charge in [-0.1, -0.05) is 12.8 Å². The Bertz CT molecular complexity index is 431. The van der Waals surface area contributed by atoms with E-state index in [-0.39, 0.29) is 17.4 Å². The fraction of sp³-hybridized carbons (Fsp3) is 0.562. The molecule has 2 N–H and O–H groups in total. The topological polar surface area (TPSA) is 52.3 Å². The lowest BCUT2D eigenvalue weighted by Crippen LogP contribution is -2.38. The summed E-state index contributed by atoms with van der Waals surface area (Å²) in [5.41, 5.74) is 6.70. The van der Waals surface area contributed by atoms with Gasteiger partial charge in [0.15, 0.2) is 5.78 Å². The van der Waals surface area contributed by atoms with Crippen molar-refractivity contribution in [3.05, 3.63) is 29.8 Å². The summed E-state index contributed by atoms with van der Waals surface area (Å²) in [6, 6.07) is 7.37. The summed E-state index contributed by atoms with van der Waals surface area (Å²) in [5, 5.41) is 0. The highest BCUT2D eigenvalue weighted by molar-refractivity contribution is 5.96. The molecule has 0 aliphatic heterocycles. The van der Waals surface area contributed by atoms with Gasteiger partial charge in [-0.2, -0.15) is 0 Å². The average molecular weight is 261 g/mol. The number of hydrogen-bond donors (Lipinski definition) is 1. The minimum absolute atomic E-state index is 0.139. The van der Waals surface area contributed by atoms with E-state index in [4.69, 9.17) is 10.5 Å². The Morgan fingerprint density at radius 3 is 2.37 bits per heavy atom. The van der Waals surface area contributed by atoms with E-state index in [1.165, 1.54) is 0 Å². The molecule has 1 aromatic carbocycles. The molecule has 1 aromatic rings. The van der Waals surface area contributed by atoms with E-state index in [1.807, 2.05) is 38.1 Å². The zero-order valence-electron chi connectivity index (χ0n) is 11.8. The molecule has 1 aliphatic rings. The van der Waals surface area contributed by atoms with E-state index in [9.17, 15) is 4.79 Å². The van der Waals surface area contributed by atoms with Crippen LogP contribution in [0.3, 0.4) is 0 Å². The molecule has 0 unspecified atom stereocenters. The predicted molar refractivity (Wildman–Crippen MR) is 76.5 cm³/mol. The van der Waals surface area contributed by atoms with Crippen molar-refractivity contribution in [1.82, 2.24) is 0 Å². The molecule has 0 saturated heterocycles. The fourth-order valence-electron chi connectivity index (χ4n) is 2.67. The average Bonchev–Trinajstić information content (AvgIpc) is 2.75. The van der Waals surface area contributed by atoms with Crippen LogP contribution in [0.2, 0.25) is 0 Å². The fourth-order valence-corrected chi connectivity index (χ4v) is 2.67. The van der Waals surface area contributed by atoms with Crippen molar-refractivity contribution in [2.45, 2.75) is 57.6 Å². The molecular formula is C16H23NO2. The van der Waals surface area contributed by atoms with E-state index in [0.717, 1.165) is 37.0 Å². The molecule has 0 spiro atoms. The molecule has 1 fully saturated rings. The summed E-state index contributed by atoms with van der Waals surface area (Å²) < 4.78 is 5.57. The molecule has 3 heteroatoms. The second-order valence-corrected chi connectivity index (χ2v) is 5.86. The maximum absolute atomic E-state index is 12.2. The Hall–Kier alpha value is -1.35. The van der Waals surface area contributed by atoms with E-state index in [0.29, 0.717) is 6.42 Å². The minimum atomic E-state index is -0.274. The van der Waals surface area contributed by atoms with Gasteiger partial charge < -0.3 is 10.5 Å². The zero-order chi connectivity index (χ0) is 13.9. The van der Waals surface area contributed by atoms with E-state index < -0.39 is 0 Å². The number of ether oxygens (including phenoxy) is 1. The van der Waals surface area contributed by atoms with Gasteiger partial charge in [0.25, 0.3) is 0 Å². The number of benzene rings is 1. The van der Waals surface area contributed by atoms with Gasteiger partial charge in [-0.25, -0.2) is 0 Å². The first kappa shape index (κ1) is 14.1. The van der Waals surface area contributed by atoms with E-state index >= 15 is 0 Å². The number of Topliss-reactive ketones (excluding diaryl/α,β-unsaturated/α-hetero) is 1. The number of carbonyl (C=O) groups excluding carboxylic acids is 1. The molecule has 0 aromatic heterocycles. The SMILES string of the molecule is CC(C)Oc1ccc(C(=O)CC2(N)CCCC2)cc1. The van der Waals surface area contributed by atoms with E-state index in [2.05, 4.69) is 0 Å². The monoisotopic (exact) mass is 261 g/mol. The van der Waals surface area contributed by atoms with Crippen LogP contribution in [-0.4, -0.2) is 17.4 Å².